The number of nitrogens with one attached hydrogen (secondary N) is 2. The maximum Gasteiger partial charge on any atom is 0.408 e. The lowest BCUT2D eigenvalue weighted by Gasteiger charge is -2.20. The first-order valence-corrected chi connectivity index (χ1v) is 7.42. The van der Waals surface area contributed by atoms with Crippen molar-refractivity contribution in [3.8, 4) is 11.5 Å². The van der Waals surface area contributed by atoms with Crippen LogP contribution in [-0.2, 0) is 0 Å². The Morgan fingerprint density at radius 2 is 1.52 bits per heavy atom. The Morgan fingerprint density at radius 1 is 0.963 bits per heavy atom. The average molecular weight is 419 g/mol. The first-order valence-electron chi connectivity index (χ1n) is 9.04. The molecule has 148 valence electrons. The molecule has 2 aromatic rings. The predicted molar refractivity (Wildman–Crippen MR) is 86.3 cm³/mol. The highest BCUT2D eigenvalue weighted by Gasteiger charge is 2.38. The Morgan fingerprint density at radius 3 is 2.00 bits per heavy atom. The van der Waals surface area contributed by atoms with Crippen LogP contribution in [0, 0.1) is 0 Å². The standard InChI is InChI=1S/C14H13ClF6N6/c1-6(13(16,17)18)22-11-25-10(8-4-3-5-9(15)24-8)26-12(27-11)23-7(2)14(19,20)21/h3-7H,1-2H3,(H2,22,23,25,26,27)/i1D3,3D. The molecule has 0 aliphatic heterocycles. The topological polar surface area (TPSA) is 75.6 Å². The molecule has 0 saturated carbocycles. The van der Waals surface area contributed by atoms with E-state index in [2.05, 4.69) is 19.9 Å². The molecule has 0 fully saturated rings. The van der Waals surface area contributed by atoms with E-state index in [1.807, 2.05) is 5.32 Å². The molecule has 0 aliphatic carbocycles. The number of rotatable bonds is 5. The molecule has 6 nitrogen and oxygen atoms in total. The number of anilines is 2. The zero-order chi connectivity index (χ0) is 23.8. The van der Waals surface area contributed by atoms with E-state index in [0.717, 1.165) is 12.1 Å². The maximum atomic E-state index is 13.2. The van der Waals surface area contributed by atoms with Gasteiger partial charge >= 0.3 is 12.4 Å². The van der Waals surface area contributed by atoms with Gasteiger partial charge in [0.2, 0.25) is 11.9 Å². The van der Waals surface area contributed by atoms with Crippen molar-refractivity contribution < 1.29 is 31.8 Å². The predicted octanol–water partition coefficient (Wildman–Crippen LogP) is 4.31. The van der Waals surface area contributed by atoms with Crippen molar-refractivity contribution in [3.05, 3.63) is 23.3 Å². The summed E-state index contributed by atoms with van der Waals surface area (Å²) in [4.78, 5) is 14.5. The fraction of sp³-hybridized carbons (Fsp3) is 0.429. The molecular formula is C14H13ClF6N6. The molecule has 2 atom stereocenters. The normalized spacial score (nSPS) is 17.2. The molecule has 2 rings (SSSR count). The summed E-state index contributed by atoms with van der Waals surface area (Å²) in [5.74, 6) is -2.33. The molecule has 0 radical (unpaired) electrons. The first kappa shape index (κ1) is 15.7. The first-order chi connectivity index (χ1) is 14.0. The van der Waals surface area contributed by atoms with E-state index in [0.29, 0.717) is 6.92 Å². The van der Waals surface area contributed by atoms with Gasteiger partial charge in [0.15, 0.2) is 5.82 Å². The number of alkyl halides is 6. The van der Waals surface area contributed by atoms with Gasteiger partial charge in [-0.25, -0.2) is 4.98 Å². The Balaban J connectivity index is 2.57. The highest BCUT2D eigenvalue weighted by Crippen LogP contribution is 2.26. The second-order valence-electron chi connectivity index (χ2n) is 5.11. The summed E-state index contributed by atoms with van der Waals surface area (Å²) in [7, 11) is 0. The van der Waals surface area contributed by atoms with Crippen molar-refractivity contribution in [1.82, 2.24) is 19.9 Å². The summed E-state index contributed by atoms with van der Waals surface area (Å²) in [5, 5.41) is 3.21. The molecule has 0 aromatic carbocycles. The van der Waals surface area contributed by atoms with E-state index in [1.54, 1.807) is 5.32 Å². The summed E-state index contributed by atoms with van der Waals surface area (Å²) in [6.07, 6.45) is -10.0. The average Bonchev–Trinajstić information content (AvgIpc) is 2.56. The summed E-state index contributed by atoms with van der Waals surface area (Å²) >= 11 is 5.72. The number of aromatic nitrogens is 4. The molecule has 2 heterocycles. The van der Waals surface area contributed by atoms with E-state index in [9.17, 15) is 26.3 Å². The molecule has 0 aliphatic rings. The molecule has 13 heteroatoms. The minimum atomic E-state index is -5.27. The van der Waals surface area contributed by atoms with Crippen LogP contribution in [0.3, 0.4) is 0 Å². The highest BCUT2D eigenvalue weighted by atomic mass is 35.5. The van der Waals surface area contributed by atoms with Gasteiger partial charge in [-0.2, -0.15) is 41.3 Å². The molecule has 0 saturated heterocycles. The van der Waals surface area contributed by atoms with Crippen molar-refractivity contribution in [2.45, 2.75) is 38.2 Å². The lowest BCUT2D eigenvalue weighted by Crippen LogP contribution is -2.35. The van der Waals surface area contributed by atoms with Crippen molar-refractivity contribution >= 4 is 23.5 Å². The summed E-state index contributed by atoms with van der Waals surface area (Å²) in [6, 6.07) is -3.37. The summed E-state index contributed by atoms with van der Waals surface area (Å²) in [6.45, 7) is -2.88. The van der Waals surface area contributed by atoms with Crippen LogP contribution < -0.4 is 10.6 Å². The van der Waals surface area contributed by atoms with Gasteiger partial charge in [0.1, 0.15) is 22.9 Å². The Hall–Kier alpha value is -2.37. The Bertz CT molecular complexity index is 905. The van der Waals surface area contributed by atoms with Gasteiger partial charge < -0.3 is 10.6 Å². The fourth-order valence-corrected chi connectivity index (χ4v) is 1.74. The number of halogens is 7. The largest absolute Gasteiger partial charge is 0.408 e. The highest BCUT2D eigenvalue weighted by molar-refractivity contribution is 6.29. The summed E-state index contributed by atoms with van der Waals surface area (Å²) in [5.41, 5.74) is -0.261. The Kier molecular flexibility index (Phi) is 4.47. The zero-order valence-electron chi connectivity index (χ0n) is 17.2. The minimum absolute atomic E-state index is 0.196. The van der Waals surface area contributed by atoms with E-state index in [1.165, 1.54) is 0 Å². The Labute approximate surface area is 160 Å². The molecule has 0 amide bonds. The van der Waals surface area contributed by atoms with Crippen LogP contribution in [0.5, 0.6) is 0 Å². The number of hydrogen-bond donors (Lipinski definition) is 2. The minimum Gasteiger partial charge on any atom is -0.343 e. The van der Waals surface area contributed by atoms with Crippen molar-refractivity contribution in [3.63, 3.8) is 0 Å². The van der Waals surface area contributed by atoms with Gasteiger partial charge in [-0.3, -0.25) is 0 Å². The monoisotopic (exact) mass is 418 g/mol. The molecule has 2 aromatic heterocycles. The molecule has 2 N–H and O–H groups in total. The van der Waals surface area contributed by atoms with Crippen molar-refractivity contribution in [2.24, 2.45) is 0 Å². The van der Waals surface area contributed by atoms with Crippen LogP contribution in [0.4, 0.5) is 38.2 Å². The molecular weight excluding hydrogens is 402 g/mol. The van der Waals surface area contributed by atoms with Gasteiger partial charge in [0, 0.05) is 4.11 Å². The van der Waals surface area contributed by atoms with Crippen LogP contribution in [0.25, 0.3) is 11.5 Å². The second kappa shape index (κ2) is 7.71. The van der Waals surface area contributed by atoms with Crippen LogP contribution in [-0.4, -0.2) is 44.4 Å². The fourth-order valence-electron chi connectivity index (χ4n) is 1.59. The van der Waals surface area contributed by atoms with E-state index >= 15 is 0 Å². The smallest absolute Gasteiger partial charge is 0.343 e. The molecule has 0 bridgehead atoms. The van der Waals surface area contributed by atoms with Gasteiger partial charge in [-0.15, -0.1) is 0 Å². The molecule has 0 spiro atoms. The SMILES string of the molecule is [2H]c1cc(Cl)nc(-c2nc(NC(C)C(F)(F)F)nc(NC(C([2H])([2H])[2H])C(F)(F)F)n2)c1. The third kappa shape index (κ3) is 5.81. The zero-order valence-corrected chi connectivity index (χ0v) is 14.0. The van der Waals surface area contributed by atoms with Crippen LogP contribution in [0.2, 0.25) is 5.15 Å². The maximum absolute atomic E-state index is 13.2. The third-order valence-corrected chi connectivity index (χ3v) is 3.15. The lowest BCUT2D eigenvalue weighted by atomic mass is 10.3. The van der Waals surface area contributed by atoms with Gasteiger partial charge in [-0.1, -0.05) is 17.6 Å². The lowest BCUT2D eigenvalue weighted by molar-refractivity contribution is -0.139. The van der Waals surface area contributed by atoms with Gasteiger partial charge in [0.05, 0.1) is 1.37 Å². The third-order valence-electron chi connectivity index (χ3n) is 2.95. The number of hydrogen-bond acceptors (Lipinski definition) is 6. The van der Waals surface area contributed by atoms with Crippen molar-refractivity contribution in [2.75, 3.05) is 10.6 Å². The van der Waals surface area contributed by atoms with E-state index < -0.39 is 49.0 Å². The summed E-state index contributed by atoms with van der Waals surface area (Å²) < 4.78 is 107. The number of nitrogens with zero attached hydrogens (tertiary/aromatic N) is 4. The van der Waals surface area contributed by atoms with Crippen LogP contribution in [0.15, 0.2) is 18.2 Å². The van der Waals surface area contributed by atoms with Gasteiger partial charge in [-0.05, 0) is 25.9 Å². The van der Waals surface area contributed by atoms with Gasteiger partial charge in [0.25, 0.3) is 0 Å². The van der Waals surface area contributed by atoms with Crippen molar-refractivity contribution in [1.29, 1.82) is 0 Å². The van der Waals surface area contributed by atoms with Crippen LogP contribution >= 0.6 is 11.6 Å². The second-order valence-corrected chi connectivity index (χ2v) is 5.50. The van der Waals surface area contributed by atoms with Crippen LogP contribution in [0.1, 0.15) is 19.3 Å². The number of pyridine rings is 1. The van der Waals surface area contributed by atoms with E-state index in [4.69, 9.17) is 17.1 Å². The molecule has 27 heavy (non-hydrogen) atoms. The quantitative estimate of drug-likeness (QED) is 0.556. The molecule has 2 unspecified atom stereocenters. The van der Waals surface area contributed by atoms with E-state index in [-0.39, 0.29) is 16.9 Å².